The SMILES string of the molecule is CCCCCCC(C)Sc1nc(Nc2cc(C(C)(C)C)c(O)c(C(C)(C)C)c2)nc(Oc2cc(C(C)(C)C)c(O)c(C(C)(C)C)c2)n1. The van der Waals surface area contributed by atoms with Crippen LogP contribution in [0.15, 0.2) is 29.4 Å². The van der Waals surface area contributed by atoms with Gasteiger partial charge in [-0.3, -0.25) is 0 Å². The van der Waals surface area contributed by atoms with Crippen LogP contribution in [0.5, 0.6) is 23.3 Å². The van der Waals surface area contributed by atoms with E-state index in [2.05, 4.69) is 102 Å². The van der Waals surface area contributed by atoms with Crippen LogP contribution in [-0.2, 0) is 21.7 Å². The lowest BCUT2D eigenvalue weighted by Crippen LogP contribution is -2.18. The molecule has 1 unspecified atom stereocenters. The van der Waals surface area contributed by atoms with Crippen LogP contribution >= 0.6 is 11.8 Å². The van der Waals surface area contributed by atoms with E-state index in [-0.39, 0.29) is 27.7 Å². The van der Waals surface area contributed by atoms with Crippen LogP contribution in [0, 0.1) is 0 Å². The number of unbranched alkanes of at least 4 members (excludes halogenated alkanes) is 3. The highest BCUT2D eigenvalue weighted by Gasteiger charge is 2.29. The normalized spacial score (nSPS) is 13.5. The van der Waals surface area contributed by atoms with Crippen LogP contribution in [0.25, 0.3) is 0 Å². The number of aromatic hydroxyl groups is 2. The number of phenolic OH excluding ortho intramolecular Hbond substituents is 2. The van der Waals surface area contributed by atoms with Gasteiger partial charge in [0.25, 0.3) is 0 Å². The molecular formula is C39H60N4O3S. The first-order valence-electron chi connectivity index (χ1n) is 17.1. The van der Waals surface area contributed by atoms with Crippen LogP contribution in [0.4, 0.5) is 11.6 Å². The Morgan fingerprint density at radius 1 is 0.681 bits per heavy atom. The summed E-state index contributed by atoms with van der Waals surface area (Å²) in [6.07, 6.45) is 5.91. The number of nitrogens with zero attached hydrogens (tertiary/aromatic N) is 3. The molecule has 3 rings (SSSR count). The van der Waals surface area contributed by atoms with E-state index in [1.54, 1.807) is 11.8 Å². The summed E-state index contributed by atoms with van der Waals surface area (Å²) in [5.41, 5.74) is 2.91. The highest BCUT2D eigenvalue weighted by atomic mass is 32.2. The van der Waals surface area contributed by atoms with Crippen molar-refractivity contribution in [1.29, 1.82) is 0 Å². The van der Waals surface area contributed by atoms with E-state index in [9.17, 15) is 10.2 Å². The number of hydrogen-bond donors (Lipinski definition) is 3. The zero-order chi connectivity index (χ0) is 35.5. The van der Waals surface area contributed by atoms with Crippen molar-refractivity contribution in [3.63, 3.8) is 0 Å². The lowest BCUT2D eigenvalue weighted by atomic mass is 9.79. The highest BCUT2D eigenvalue weighted by Crippen LogP contribution is 2.44. The second-order valence-corrected chi connectivity index (χ2v) is 18.4. The van der Waals surface area contributed by atoms with Crippen molar-refractivity contribution in [2.24, 2.45) is 0 Å². The van der Waals surface area contributed by atoms with Gasteiger partial charge in [-0.25, -0.2) is 0 Å². The van der Waals surface area contributed by atoms with E-state index < -0.39 is 0 Å². The molecule has 0 bridgehead atoms. The van der Waals surface area contributed by atoms with E-state index in [1.807, 2.05) is 24.3 Å². The summed E-state index contributed by atoms with van der Waals surface area (Å²) >= 11 is 1.62. The molecule has 0 spiro atoms. The Morgan fingerprint density at radius 2 is 1.15 bits per heavy atom. The predicted octanol–water partition coefficient (Wildman–Crippen LogP) is 11.5. The van der Waals surface area contributed by atoms with Crippen molar-refractivity contribution in [3.05, 3.63) is 46.5 Å². The summed E-state index contributed by atoms with van der Waals surface area (Å²) in [7, 11) is 0. The molecule has 0 radical (unpaired) electrons. The Balaban J connectivity index is 2.13. The minimum Gasteiger partial charge on any atom is -0.507 e. The average molecular weight is 665 g/mol. The van der Waals surface area contributed by atoms with E-state index in [0.29, 0.717) is 33.6 Å². The van der Waals surface area contributed by atoms with Crippen LogP contribution in [-0.4, -0.2) is 30.4 Å². The summed E-state index contributed by atoms with van der Waals surface area (Å²) in [6.45, 7) is 29.5. The van der Waals surface area contributed by atoms with Gasteiger partial charge in [-0.2, -0.15) is 15.0 Å². The largest absolute Gasteiger partial charge is 0.507 e. The second-order valence-electron chi connectivity index (χ2n) is 17.0. The summed E-state index contributed by atoms with van der Waals surface area (Å²) in [6, 6.07) is 7.90. The minimum atomic E-state index is -0.308. The second kappa shape index (κ2) is 14.6. The third kappa shape index (κ3) is 10.5. The van der Waals surface area contributed by atoms with Gasteiger partial charge < -0.3 is 20.3 Å². The number of thioether (sulfide) groups is 1. The molecule has 0 fully saturated rings. The molecule has 8 heteroatoms. The zero-order valence-electron chi connectivity index (χ0n) is 31.5. The van der Waals surface area contributed by atoms with Crippen LogP contribution in [0.2, 0.25) is 0 Å². The summed E-state index contributed by atoms with van der Waals surface area (Å²) in [4.78, 5) is 14.3. The number of aromatic nitrogens is 3. The molecule has 0 saturated carbocycles. The Hall–Kier alpha value is -3.00. The number of ether oxygens (including phenoxy) is 1. The van der Waals surface area contributed by atoms with E-state index in [1.165, 1.54) is 25.7 Å². The van der Waals surface area contributed by atoms with Crippen molar-refractivity contribution < 1.29 is 14.9 Å². The molecule has 1 aromatic heterocycles. The molecule has 3 aromatic rings. The van der Waals surface area contributed by atoms with Crippen molar-refractivity contribution in [3.8, 4) is 23.3 Å². The van der Waals surface area contributed by atoms with Crippen LogP contribution < -0.4 is 10.1 Å². The number of rotatable bonds is 11. The van der Waals surface area contributed by atoms with Crippen molar-refractivity contribution in [2.45, 2.75) is 161 Å². The molecule has 1 heterocycles. The van der Waals surface area contributed by atoms with Gasteiger partial charge >= 0.3 is 6.01 Å². The zero-order valence-corrected chi connectivity index (χ0v) is 32.3. The van der Waals surface area contributed by atoms with Gasteiger partial charge in [0.15, 0.2) is 5.16 Å². The molecule has 260 valence electrons. The molecular weight excluding hydrogens is 605 g/mol. The molecule has 0 aliphatic carbocycles. The first-order chi connectivity index (χ1) is 21.5. The van der Waals surface area contributed by atoms with Gasteiger partial charge in [0.05, 0.1) is 0 Å². The molecule has 1 atom stereocenters. The van der Waals surface area contributed by atoms with E-state index in [4.69, 9.17) is 19.7 Å². The maximum absolute atomic E-state index is 11.3. The minimum absolute atomic E-state index is 0.180. The fourth-order valence-corrected chi connectivity index (χ4v) is 6.40. The van der Waals surface area contributed by atoms with Crippen molar-refractivity contribution in [1.82, 2.24) is 15.0 Å². The topological polar surface area (TPSA) is 100 Å². The number of phenols is 2. The first-order valence-corrected chi connectivity index (χ1v) is 18.0. The summed E-state index contributed by atoms with van der Waals surface area (Å²) in [5.74, 6) is 1.54. The fraction of sp³-hybridized carbons (Fsp3) is 0.615. The molecule has 0 amide bonds. The highest BCUT2D eigenvalue weighted by molar-refractivity contribution is 7.99. The quantitative estimate of drug-likeness (QED) is 0.106. The Labute approximate surface area is 288 Å². The molecule has 2 aromatic carbocycles. The van der Waals surface area contributed by atoms with E-state index >= 15 is 0 Å². The summed E-state index contributed by atoms with van der Waals surface area (Å²) in [5, 5.41) is 26.9. The van der Waals surface area contributed by atoms with Crippen LogP contribution in [0.3, 0.4) is 0 Å². The van der Waals surface area contributed by atoms with Crippen LogP contribution in [0.1, 0.15) is 151 Å². The molecule has 7 nitrogen and oxygen atoms in total. The maximum atomic E-state index is 11.3. The number of benzene rings is 2. The lowest BCUT2D eigenvalue weighted by molar-refractivity contribution is 0.405. The van der Waals surface area contributed by atoms with E-state index in [0.717, 1.165) is 34.4 Å². The fourth-order valence-electron chi connectivity index (χ4n) is 5.48. The Bertz CT molecular complexity index is 1350. The standard InChI is InChI=1S/C39H60N4O3S/c1-15-16-17-18-19-24(2)47-35-42-33(40-25-20-27(36(3,4)5)31(44)28(21-25)37(6,7)8)41-34(43-35)46-26-22-29(38(9,10)11)32(45)30(23-26)39(12,13)14/h20-24,44-45H,15-19H2,1-14H3,(H,40,41,42,43). The molecule has 0 saturated heterocycles. The Kier molecular flexibility index (Phi) is 12.0. The van der Waals surface area contributed by atoms with Gasteiger partial charge in [-0.1, -0.05) is 134 Å². The van der Waals surface area contributed by atoms with Crippen molar-refractivity contribution >= 4 is 23.4 Å². The molecule has 3 N–H and O–H groups in total. The van der Waals surface area contributed by atoms with Gasteiger partial charge in [0.1, 0.15) is 17.2 Å². The molecule has 0 aliphatic rings. The van der Waals surface area contributed by atoms with Gasteiger partial charge in [-0.05, 0) is 52.3 Å². The van der Waals surface area contributed by atoms with Gasteiger partial charge in [0, 0.05) is 33.2 Å². The molecule has 47 heavy (non-hydrogen) atoms. The first kappa shape index (κ1) is 38.4. The lowest BCUT2D eigenvalue weighted by Gasteiger charge is -2.28. The third-order valence-corrected chi connectivity index (χ3v) is 9.29. The number of hydrogen-bond acceptors (Lipinski definition) is 8. The summed E-state index contributed by atoms with van der Waals surface area (Å²) < 4.78 is 6.43. The van der Waals surface area contributed by atoms with Crippen molar-refractivity contribution in [2.75, 3.05) is 5.32 Å². The smallest absolute Gasteiger partial charge is 0.327 e. The maximum Gasteiger partial charge on any atom is 0.327 e. The average Bonchev–Trinajstić information content (AvgIpc) is 2.90. The predicted molar refractivity (Wildman–Crippen MR) is 198 cm³/mol. The number of nitrogens with one attached hydrogen (secondary N) is 1. The van der Waals surface area contributed by atoms with Gasteiger partial charge in [0.2, 0.25) is 5.95 Å². The third-order valence-electron chi connectivity index (χ3n) is 8.26. The molecule has 0 aliphatic heterocycles. The Morgan fingerprint density at radius 3 is 1.60 bits per heavy atom. The number of anilines is 2. The van der Waals surface area contributed by atoms with Gasteiger partial charge in [-0.15, -0.1) is 0 Å². The monoisotopic (exact) mass is 664 g/mol.